The normalized spacial score (nSPS) is 11.1. The van der Waals surface area contributed by atoms with Crippen LogP contribution in [0.2, 0.25) is 0 Å². The number of hydrogen-bond donors (Lipinski definition) is 0. The van der Waals surface area contributed by atoms with Gasteiger partial charge >= 0.3 is 5.91 Å². The minimum Gasteiger partial charge on any atom is -0.493 e. The lowest BCUT2D eigenvalue weighted by Gasteiger charge is -2.14. The largest absolute Gasteiger partial charge is 0.493 e. The number of anilines is 1. The number of thiazole rings is 1. The summed E-state index contributed by atoms with van der Waals surface area (Å²) in [4.78, 5) is 17.7. The first-order valence-electron chi connectivity index (χ1n) is 9.32. The summed E-state index contributed by atoms with van der Waals surface area (Å²) >= 11 is 4.80. The van der Waals surface area contributed by atoms with E-state index >= 15 is 0 Å². The molecule has 0 saturated heterocycles. The Morgan fingerprint density at radius 2 is 1.88 bits per heavy atom. The van der Waals surface area contributed by atoms with Crippen LogP contribution >= 0.6 is 27.3 Å². The van der Waals surface area contributed by atoms with E-state index in [1.54, 1.807) is 24.3 Å². The summed E-state index contributed by atoms with van der Waals surface area (Å²) < 4.78 is 23.3. The first-order chi connectivity index (χ1) is 15.5. The quantitative estimate of drug-likeness (QED) is 0.243. The second-order valence-corrected chi connectivity index (χ2v) is 8.33. The Kier molecular flexibility index (Phi) is 6.42. The molecule has 0 bridgehead atoms. The Morgan fingerprint density at radius 3 is 2.50 bits per heavy atom. The zero-order chi connectivity index (χ0) is 22.7. The van der Waals surface area contributed by atoms with Crippen LogP contribution in [0.1, 0.15) is 16.1 Å². The van der Waals surface area contributed by atoms with Crippen molar-refractivity contribution >= 4 is 54.7 Å². The number of carbonyl (C=O) groups is 1. The molecule has 0 aliphatic rings. The monoisotopic (exact) mass is 515 g/mol. The third kappa shape index (κ3) is 4.32. The van der Waals surface area contributed by atoms with Crippen molar-refractivity contribution in [1.82, 2.24) is 4.98 Å². The first kappa shape index (κ1) is 21.8. The van der Waals surface area contributed by atoms with Gasteiger partial charge in [-0.05, 0) is 42.5 Å². The Morgan fingerprint density at radius 1 is 1.12 bits per heavy atom. The van der Waals surface area contributed by atoms with E-state index in [1.807, 2.05) is 18.2 Å². The van der Waals surface area contributed by atoms with Crippen LogP contribution in [-0.2, 0) is 0 Å². The summed E-state index contributed by atoms with van der Waals surface area (Å²) in [6.07, 6.45) is 2.96. The average Bonchev–Trinajstić information content (AvgIpc) is 3.48. The van der Waals surface area contributed by atoms with Gasteiger partial charge in [-0.25, -0.2) is 4.98 Å². The second kappa shape index (κ2) is 9.41. The molecule has 0 atom stereocenters. The van der Waals surface area contributed by atoms with Crippen LogP contribution in [0.25, 0.3) is 10.2 Å². The molecule has 32 heavy (non-hydrogen) atoms. The average molecular weight is 516 g/mol. The topological polar surface area (TPSA) is 86.4 Å². The maximum atomic E-state index is 13.1. The van der Waals surface area contributed by atoms with Crippen molar-refractivity contribution in [2.75, 3.05) is 26.3 Å². The number of hydrazone groups is 1. The smallest absolute Gasteiger partial charge is 0.316 e. The highest BCUT2D eigenvalue weighted by molar-refractivity contribution is 9.10. The first-order valence-corrected chi connectivity index (χ1v) is 10.9. The number of aromatic nitrogens is 1. The van der Waals surface area contributed by atoms with Crippen LogP contribution in [0.15, 0.2) is 62.7 Å². The zero-order valence-corrected chi connectivity index (χ0v) is 19.8. The van der Waals surface area contributed by atoms with Gasteiger partial charge in [0.05, 0.1) is 44.0 Å². The van der Waals surface area contributed by atoms with Gasteiger partial charge in [0.2, 0.25) is 10.9 Å². The number of nitrogens with zero attached hydrogens (tertiary/aromatic N) is 3. The summed E-state index contributed by atoms with van der Waals surface area (Å²) in [7, 11) is 4.60. The highest BCUT2D eigenvalue weighted by atomic mass is 79.9. The lowest BCUT2D eigenvalue weighted by atomic mass is 10.2. The molecular formula is C22H18BrN3O5S. The number of ether oxygens (including phenoxy) is 3. The van der Waals surface area contributed by atoms with Gasteiger partial charge in [-0.1, -0.05) is 27.3 Å². The van der Waals surface area contributed by atoms with Gasteiger partial charge in [-0.2, -0.15) is 10.1 Å². The number of methoxy groups -OCH3 is 3. The molecule has 2 aromatic carbocycles. The molecule has 8 nitrogen and oxygen atoms in total. The lowest BCUT2D eigenvalue weighted by molar-refractivity contribution is 0.0961. The number of halogens is 1. The van der Waals surface area contributed by atoms with Crippen LogP contribution in [0, 0.1) is 0 Å². The lowest BCUT2D eigenvalue weighted by Crippen LogP contribution is -2.25. The summed E-state index contributed by atoms with van der Waals surface area (Å²) in [6.45, 7) is 0. The number of furan rings is 1. The van der Waals surface area contributed by atoms with E-state index < -0.39 is 5.91 Å². The molecule has 0 aliphatic carbocycles. The number of rotatable bonds is 7. The molecule has 0 radical (unpaired) electrons. The molecule has 0 unspecified atom stereocenters. The molecule has 0 N–H and O–H groups in total. The van der Waals surface area contributed by atoms with Crippen molar-refractivity contribution < 1.29 is 23.4 Å². The van der Waals surface area contributed by atoms with E-state index in [9.17, 15) is 4.79 Å². The number of carbonyl (C=O) groups excluding carboxylic acids is 1. The molecule has 0 spiro atoms. The third-order valence-corrected chi connectivity index (χ3v) is 5.94. The minimum atomic E-state index is -0.447. The summed E-state index contributed by atoms with van der Waals surface area (Å²) in [6, 6.07) is 12.4. The van der Waals surface area contributed by atoms with Crippen LogP contribution in [0.3, 0.4) is 0 Å². The van der Waals surface area contributed by atoms with Crippen molar-refractivity contribution in [2.24, 2.45) is 5.10 Å². The maximum Gasteiger partial charge on any atom is 0.316 e. The number of amides is 1. The van der Waals surface area contributed by atoms with Crippen molar-refractivity contribution in [3.8, 4) is 17.2 Å². The van der Waals surface area contributed by atoms with Crippen molar-refractivity contribution in [2.45, 2.75) is 0 Å². The third-order valence-electron chi connectivity index (χ3n) is 4.45. The number of benzene rings is 2. The maximum absolute atomic E-state index is 13.1. The fourth-order valence-electron chi connectivity index (χ4n) is 2.97. The van der Waals surface area contributed by atoms with E-state index in [2.05, 4.69) is 26.0 Å². The summed E-state index contributed by atoms with van der Waals surface area (Å²) in [5.74, 6) is 1.11. The molecule has 4 aromatic rings. The standard InChI is InChI=1S/C22H18BrN3O5S/c1-28-17-9-13(10-18(29-2)20(17)30-3)12-24-26(21(27)16-5-4-8-31-16)22-25-15-7-6-14(23)11-19(15)32-22/h4-12H,1-3H3/b24-12+. The van der Waals surface area contributed by atoms with E-state index in [-0.39, 0.29) is 5.76 Å². The molecule has 2 heterocycles. The highest BCUT2D eigenvalue weighted by Crippen LogP contribution is 2.38. The minimum absolute atomic E-state index is 0.146. The van der Waals surface area contributed by atoms with Gasteiger partial charge in [-0.3, -0.25) is 4.79 Å². The van der Waals surface area contributed by atoms with Crippen LogP contribution < -0.4 is 19.2 Å². The highest BCUT2D eigenvalue weighted by Gasteiger charge is 2.23. The van der Waals surface area contributed by atoms with E-state index in [1.165, 1.54) is 50.2 Å². The molecule has 4 rings (SSSR count). The zero-order valence-electron chi connectivity index (χ0n) is 17.4. The van der Waals surface area contributed by atoms with Gasteiger partial charge in [0.25, 0.3) is 0 Å². The molecule has 2 aromatic heterocycles. The second-order valence-electron chi connectivity index (χ2n) is 6.41. The van der Waals surface area contributed by atoms with E-state index in [0.717, 1.165) is 14.7 Å². The van der Waals surface area contributed by atoms with Crippen molar-refractivity contribution in [3.63, 3.8) is 0 Å². The predicted octanol–water partition coefficient (Wildman–Crippen LogP) is 5.36. The van der Waals surface area contributed by atoms with Crippen molar-refractivity contribution in [1.29, 1.82) is 0 Å². The van der Waals surface area contributed by atoms with Crippen molar-refractivity contribution in [3.05, 3.63) is 64.5 Å². The fraction of sp³-hybridized carbons (Fsp3) is 0.136. The summed E-state index contributed by atoms with van der Waals surface area (Å²) in [5.41, 5.74) is 1.40. The SMILES string of the molecule is COc1cc(/C=N/N(C(=O)c2ccco2)c2nc3ccc(Br)cc3s2)cc(OC)c1OC. The van der Waals surface area contributed by atoms with Gasteiger partial charge in [-0.15, -0.1) is 0 Å². The van der Waals surface area contributed by atoms with Gasteiger partial charge in [0.1, 0.15) is 0 Å². The Balaban J connectivity index is 1.77. The Labute approximate surface area is 196 Å². The van der Waals surface area contributed by atoms with Crippen LogP contribution in [0.4, 0.5) is 5.13 Å². The Bertz CT molecular complexity index is 1260. The predicted molar refractivity (Wildman–Crippen MR) is 127 cm³/mol. The fourth-order valence-corrected chi connectivity index (χ4v) is 4.44. The molecule has 0 aliphatic heterocycles. The Hall–Kier alpha value is -3.37. The molecule has 0 saturated carbocycles. The molecule has 1 amide bonds. The van der Waals surface area contributed by atoms with E-state index in [0.29, 0.717) is 27.9 Å². The van der Waals surface area contributed by atoms with Gasteiger partial charge in [0.15, 0.2) is 17.3 Å². The van der Waals surface area contributed by atoms with Gasteiger partial charge < -0.3 is 18.6 Å². The molecule has 10 heteroatoms. The van der Waals surface area contributed by atoms with E-state index in [4.69, 9.17) is 18.6 Å². The van der Waals surface area contributed by atoms with Crippen LogP contribution in [-0.4, -0.2) is 38.4 Å². The van der Waals surface area contributed by atoms with Crippen LogP contribution in [0.5, 0.6) is 17.2 Å². The van der Waals surface area contributed by atoms with Gasteiger partial charge in [0, 0.05) is 10.0 Å². The number of hydrogen-bond acceptors (Lipinski definition) is 8. The molecule has 164 valence electrons. The molecular weight excluding hydrogens is 498 g/mol. The number of fused-ring (bicyclic) bond motifs is 1. The summed E-state index contributed by atoms with van der Waals surface area (Å²) in [5, 5.41) is 6.04. The molecule has 0 fully saturated rings.